The Hall–Kier alpha value is -3.95. The largest absolute Gasteiger partial charge is 0.463 e. The highest BCUT2D eigenvalue weighted by atomic mass is 16.8. The maximum atomic E-state index is 12.0. The van der Waals surface area contributed by atoms with Crippen LogP contribution in [0.25, 0.3) is 0 Å². The topological polar surface area (TPSA) is 239 Å². The zero-order chi connectivity index (χ0) is 37.5. The molecule has 2 aliphatic heterocycles. The fourth-order valence-corrected chi connectivity index (χ4v) is 4.97. The number of hydrogen-bond donors (Lipinski definition) is 0. The van der Waals surface area contributed by atoms with E-state index in [1.165, 1.54) is 14.0 Å². The Kier molecular flexibility index (Phi) is 17.4. The quantitative estimate of drug-likeness (QED) is 0.0775. The lowest BCUT2D eigenvalue weighted by molar-refractivity contribution is -0.318. The second-order valence-electron chi connectivity index (χ2n) is 10.8. The van der Waals surface area contributed by atoms with Gasteiger partial charge >= 0.3 is 41.8 Å². The molecule has 0 aromatic heterocycles. The number of ether oxygens (including phenoxy) is 13. The fraction of sp³-hybridized carbons (Fsp3) is 0.767. The molecule has 0 bridgehead atoms. The maximum absolute atomic E-state index is 12.0. The second kappa shape index (κ2) is 20.7. The molecule has 0 spiro atoms. The summed E-state index contributed by atoms with van der Waals surface area (Å²) in [6.45, 7) is 6.06. The van der Waals surface area contributed by atoms with Gasteiger partial charge in [-0.05, 0) is 0 Å². The minimum Gasteiger partial charge on any atom is -0.463 e. The molecule has 2 rings (SSSR count). The molecule has 0 radical (unpaired) electrons. The average molecular weight is 725 g/mol. The van der Waals surface area contributed by atoms with Crippen LogP contribution in [0.5, 0.6) is 0 Å². The van der Waals surface area contributed by atoms with E-state index in [1.54, 1.807) is 0 Å². The van der Waals surface area contributed by atoms with Crippen molar-refractivity contribution in [2.45, 2.75) is 110 Å². The van der Waals surface area contributed by atoms with Crippen molar-refractivity contribution >= 4 is 41.8 Å². The monoisotopic (exact) mass is 724 g/mol. The Morgan fingerprint density at radius 3 is 1.30 bits per heavy atom. The molecule has 0 aromatic carbocycles. The van der Waals surface area contributed by atoms with Crippen molar-refractivity contribution in [1.29, 1.82) is 0 Å². The molecule has 0 saturated carbocycles. The van der Waals surface area contributed by atoms with E-state index in [0.717, 1.165) is 41.5 Å². The van der Waals surface area contributed by atoms with Crippen molar-refractivity contribution in [2.75, 3.05) is 40.3 Å². The highest BCUT2D eigenvalue weighted by Gasteiger charge is 2.53. The van der Waals surface area contributed by atoms with E-state index in [1.807, 2.05) is 0 Å². The molecule has 284 valence electrons. The molecule has 50 heavy (non-hydrogen) atoms. The minimum absolute atomic E-state index is 0.211. The number of carbonyl (C=O) groups excluding carboxylic acids is 7. The summed E-state index contributed by atoms with van der Waals surface area (Å²) < 4.78 is 71.0. The van der Waals surface area contributed by atoms with Gasteiger partial charge in [0.2, 0.25) is 0 Å². The van der Waals surface area contributed by atoms with Gasteiger partial charge in [-0.15, -0.1) is 0 Å². The number of rotatable bonds is 17. The Morgan fingerprint density at radius 1 is 0.460 bits per heavy atom. The third-order valence-electron chi connectivity index (χ3n) is 6.68. The molecule has 0 amide bonds. The Morgan fingerprint density at radius 2 is 0.860 bits per heavy atom. The summed E-state index contributed by atoms with van der Waals surface area (Å²) in [6.07, 6.45) is -12.9. The van der Waals surface area contributed by atoms with E-state index in [0.29, 0.717) is 0 Å². The third-order valence-corrected chi connectivity index (χ3v) is 6.68. The SMILES string of the molecule is CO[C@H]1O[C@H](COC(C)=O)[C@@H](OC(C)=O)[C@H](OCOCCO[C@H]2O[C@H](COC(C)=O)[C@@H](OC(C)=O)[C@H](OC(C)=O)[C@@H]2OC(C)=O)[C@@H]1OC(C)=O. The van der Waals surface area contributed by atoms with Gasteiger partial charge in [0.05, 0.1) is 13.2 Å². The summed E-state index contributed by atoms with van der Waals surface area (Å²) in [4.78, 5) is 82.8. The molecule has 20 heteroatoms. The zero-order valence-corrected chi connectivity index (χ0v) is 29.0. The number of methoxy groups -OCH3 is 1. The number of esters is 7. The molecule has 2 aliphatic rings. The van der Waals surface area contributed by atoms with Crippen molar-refractivity contribution in [3.63, 3.8) is 0 Å². The first-order valence-corrected chi connectivity index (χ1v) is 15.3. The highest BCUT2D eigenvalue weighted by molar-refractivity contribution is 5.69. The van der Waals surface area contributed by atoms with Crippen LogP contribution in [0, 0.1) is 0 Å². The molecule has 20 nitrogen and oxygen atoms in total. The molecule has 0 unspecified atom stereocenters. The standard InChI is InChI=1S/C30H44O20/c1-14(31)41-11-21-23(44-16(3)33)25(27(47-19(6)36)29(38-8)49-21)43-13-39-9-10-40-30-28(48-20(7)37)26(46-18(5)35)24(45-17(4)34)22(50-30)12-42-15(2)32/h21-30H,9-13H2,1-8H3/t21-,22-,23-,24-,25+,26+,27+,28+,29+,30+/m1/s1. The third kappa shape index (κ3) is 13.8. The number of carbonyl (C=O) groups is 7. The van der Waals surface area contributed by atoms with E-state index < -0.39 is 117 Å². The summed E-state index contributed by atoms with van der Waals surface area (Å²) in [6, 6.07) is 0. The van der Waals surface area contributed by atoms with Crippen molar-refractivity contribution in [3.8, 4) is 0 Å². The average Bonchev–Trinajstić information content (AvgIpc) is 2.99. The summed E-state index contributed by atoms with van der Waals surface area (Å²) in [7, 11) is 1.27. The van der Waals surface area contributed by atoms with Crippen LogP contribution < -0.4 is 0 Å². The van der Waals surface area contributed by atoms with Gasteiger partial charge in [0.1, 0.15) is 38.3 Å². The van der Waals surface area contributed by atoms with Gasteiger partial charge in [0.25, 0.3) is 0 Å². The minimum atomic E-state index is -1.44. The van der Waals surface area contributed by atoms with Gasteiger partial charge < -0.3 is 61.6 Å². The predicted octanol–water partition coefficient (Wildman–Crippen LogP) is -0.757. The molecule has 2 saturated heterocycles. The van der Waals surface area contributed by atoms with E-state index in [4.69, 9.17) is 61.6 Å². The van der Waals surface area contributed by atoms with Gasteiger partial charge in [0.15, 0.2) is 43.1 Å². The molecule has 2 heterocycles. The Labute approximate surface area is 287 Å². The Balaban J connectivity index is 2.20. The first kappa shape index (κ1) is 42.2. The van der Waals surface area contributed by atoms with Crippen LogP contribution in [0.4, 0.5) is 0 Å². The predicted molar refractivity (Wildman–Crippen MR) is 157 cm³/mol. The molecular weight excluding hydrogens is 680 g/mol. The van der Waals surface area contributed by atoms with Crippen molar-refractivity contribution in [2.24, 2.45) is 0 Å². The molecule has 0 aliphatic carbocycles. The van der Waals surface area contributed by atoms with Crippen LogP contribution in [0.2, 0.25) is 0 Å². The van der Waals surface area contributed by atoms with E-state index in [2.05, 4.69) is 0 Å². The van der Waals surface area contributed by atoms with Crippen LogP contribution in [0.3, 0.4) is 0 Å². The molecule has 10 atom stereocenters. The zero-order valence-electron chi connectivity index (χ0n) is 29.0. The highest BCUT2D eigenvalue weighted by Crippen LogP contribution is 2.31. The lowest BCUT2D eigenvalue weighted by atomic mass is 9.98. The van der Waals surface area contributed by atoms with E-state index >= 15 is 0 Å². The second-order valence-corrected chi connectivity index (χ2v) is 10.8. The summed E-state index contributed by atoms with van der Waals surface area (Å²) >= 11 is 0. The first-order chi connectivity index (χ1) is 23.5. The van der Waals surface area contributed by atoms with Gasteiger partial charge in [-0.3, -0.25) is 33.6 Å². The van der Waals surface area contributed by atoms with Crippen molar-refractivity contribution in [1.82, 2.24) is 0 Å². The lowest BCUT2D eigenvalue weighted by Gasteiger charge is -2.44. The molecule has 0 N–H and O–H groups in total. The van der Waals surface area contributed by atoms with Crippen LogP contribution >= 0.6 is 0 Å². The normalized spacial score (nSPS) is 29.1. The number of hydrogen-bond acceptors (Lipinski definition) is 20. The van der Waals surface area contributed by atoms with Gasteiger partial charge in [-0.1, -0.05) is 0 Å². The summed E-state index contributed by atoms with van der Waals surface area (Å²) in [5.74, 6) is -5.19. The summed E-state index contributed by atoms with van der Waals surface area (Å²) in [5.41, 5.74) is 0. The van der Waals surface area contributed by atoms with E-state index in [-0.39, 0.29) is 19.8 Å². The van der Waals surface area contributed by atoms with Crippen molar-refractivity contribution in [3.05, 3.63) is 0 Å². The van der Waals surface area contributed by atoms with Gasteiger partial charge in [-0.25, -0.2) is 0 Å². The Bertz CT molecular complexity index is 1190. The van der Waals surface area contributed by atoms with Crippen LogP contribution in [-0.4, -0.2) is 144 Å². The van der Waals surface area contributed by atoms with Crippen LogP contribution in [0.15, 0.2) is 0 Å². The maximum Gasteiger partial charge on any atom is 0.303 e. The van der Waals surface area contributed by atoms with Crippen LogP contribution in [0.1, 0.15) is 48.5 Å². The summed E-state index contributed by atoms with van der Waals surface area (Å²) in [5, 5.41) is 0. The van der Waals surface area contributed by atoms with Gasteiger partial charge in [0, 0.05) is 55.6 Å². The van der Waals surface area contributed by atoms with E-state index in [9.17, 15) is 33.6 Å². The molecule has 2 fully saturated rings. The molecule has 0 aromatic rings. The van der Waals surface area contributed by atoms with Crippen molar-refractivity contribution < 1.29 is 95.1 Å². The van der Waals surface area contributed by atoms with Gasteiger partial charge in [-0.2, -0.15) is 0 Å². The molecular formula is C30H44O20. The lowest BCUT2D eigenvalue weighted by Crippen LogP contribution is -2.63. The fourth-order valence-electron chi connectivity index (χ4n) is 4.97. The first-order valence-electron chi connectivity index (χ1n) is 15.3. The van der Waals surface area contributed by atoms with Crippen LogP contribution in [-0.2, 0) is 95.1 Å². The smallest absolute Gasteiger partial charge is 0.303 e.